The second-order valence-corrected chi connectivity index (χ2v) is 6.16. The van der Waals surface area contributed by atoms with Crippen molar-refractivity contribution >= 4 is 16.8 Å². The van der Waals surface area contributed by atoms with Crippen LogP contribution in [0.2, 0.25) is 0 Å². The van der Waals surface area contributed by atoms with Crippen LogP contribution in [-0.4, -0.2) is 23.0 Å². The van der Waals surface area contributed by atoms with Crippen LogP contribution in [0.3, 0.4) is 0 Å². The fourth-order valence-electron chi connectivity index (χ4n) is 3.05. The maximum absolute atomic E-state index is 5.92. The highest BCUT2D eigenvalue weighted by Gasteiger charge is 2.22. The van der Waals surface area contributed by atoms with Crippen molar-refractivity contribution in [2.75, 3.05) is 18.8 Å². The summed E-state index contributed by atoms with van der Waals surface area (Å²) >= 11 is 0. The fourth-order valence-corrected chi connectivity index (χ4v) is 3.05. The number of anilines is 1. The largest absolute Gasteiger partial charge is 0.439 e. The first kappa shape index (κ1) is 13.4. The van der Waals surface area contributed by atoms with Crippen molar-refractivity contribution in [1.82, 2.24) is 9.88 Å². The number of piperidine rings is 1. The Hall–Kier alpha value is -1.55. The monoisotopic (exact) mass is 273 g/mol. The van der Waals surface area contributed by atoms with Crippen LogP contribution >= 0.6 is 0 Å². The summed E-state index contributed by atoms with van der Waals surface area (Å²) in [5, 5.41) is 0. The van der Waals surface area contributed by atoms with Gasteiger partial charge in [-0.15, -0.1) is 0 Å². The lowest BCUT2D eigenvalue weighted by Crippen LogP contribution is -2.34. The topological polar surface area (TPSA) is 55.3 Å². The van der Waals surface area contributed by atoms with Gasteiger partial charge in [0, 0.05) is 0 Å². The van der Waals surface area contributed by atoms with E-state index in [-0.39, 0.29) is 0 Å². The van der Waals surface area contributed by atoms with Crippen molar-refractivity contribution in [2.45, 2.75) is 33.2 Å². The van der Waals surface area contributed by atoms with Crippen molar-refractivity contribution < 1.29 is 4.42 Å². The first-order valence-corrected chi connectivity index (χ1v) is 7.49. The fraction of sp³-hybridized carbons (Fsp3) is 0.562. The summed E-state index contributed by atoms with van der Waals surface area (Å²) in [6.45, 7) is 7.71. The SMILES string of the molecule is CC(C)C1CCN(Cc2nc3c(N)cccc3o2)CC1. The molecule has 1 aromatic carbocycles. The van der Waals surface area contributed by atoms with Gasteiger partial charge in [-0.05, 0) is 49.9 Å². The molecule has 4 nitrogen and oxygen atoms in total. The number of likely N-dealkylation sites (tertiary alicyclic amines) is 1. The molecule has 0 aliphatic carbocycles. The maximum Gasteiger partial charge on any atom is 0.209 e. The van der Waals surface area contributed by atoms with E-state index in [4.69, 9.17) is 10.2 Å². The molecule has 4 heteroatoms. The van der Waals surface area contributed by atoms with Crippen molar-refractivity contribution in [3.05, 3.63) is 24.1 Å². The molecule has 3 rings (SSSR count). The second kappa shape index (κ2) is 5.44. The molecule has 0 atom stereocenters. The molecule has 20 heavy (non-hydrogen) atoms. The molecular weight excluding hydrogens is 250 g/mol. The number of benzene rings is 1. The number of fused-ring (bicyclic) bond motifs is 1. The quantitative estimate of drug-likeness (QED) is 0.872. The number of para-hydroxylation sites is 1. The van der Waals surface area contributed by atoms with Gasteiger partial charge in [-0.3, -0.25) is 4.90 Å². The van der Waals surface area contributed by atoms with E-state index < -0.39 is 0 Å². The first-order chi connectivity index (χ1) is 9.63. The summed E-state index contributed by atoms with van der Waals surface area (Å²) in [5.41, 5.74) is 8.19. The number of hydrogen-bond acceptors (Lipinski definition) is 4. The number of rotatable bonds is 3. The van der Waals surface area contributed by atoms with Crippen LogP contribution < -0.4 is 5.73 Å². The van der Waals surface area contributed by atoms with Crippen LogP contribution in [0.15, 0.2) is 22.6 Å². The molecule has 1 aromatic heterocycles. The highest BCUT2D eigenvalue weighted by molar-refractivity contribution is 5.85. The lowest BCUT2D eigenvalue weighted by atomic mass is 9.87. The molecule has 0 radical (unpaired) electrons. The molecule has 1 fully saturated rings. The molecule has 2 N–H and O–H groups in total. The zero-order chi connectivity index (χ0) is 14.1. The van der Waals surface area contributed by atoms with Crippen LogP contribution in [-0.2, 0) is 6.54 Å². The molecule has 2 heterocycles. The maximum atomic E-state index is 5.92. The van der Waals surface area contributed by atoms with E-state index in [0.29, 0.717) is 5.69 Å². The average molecular weight is 273 g/mol. The van der Waals surface area contributed by atoms with Crippen LogP contribution in [0.5, 0.6) is 0 Å². The smallest absolute Gasteiger partial charge is 0.209 e. The molecule has 108 valence electrons. The highest BCUT2D eigenvalue weighted by atomic mass is 16.3. The predicted molar refractivity (Wildman–Crippen MR) is 81.3 cm³/mol. The van der Waals surface area contributed by atoms with Gasteiger partial charge in [0.1, 0.15) is 5.52 Å². The normalized spacial score (nSPS) is 18.1. The molecule has 0 bridgehead atoms. The summed E-state index contributed by atoms with van der Waals surface area (Å²) in [6.07, 6.45) is 2.56. The van der Waals surface area contributed by atoms with E-state index in [1.807, 2.05) is 18.2 Å². The summed E-state index contributed by atoms with van der Waals surface area (Å²) in [6, 6.07) is 5.69. The Morgan fingerprint density at radius 3 is 2.75 bits per heavy atom. The molecule has 1 aliphatic rings. The Morgan fingerprint density at radius 2 is 2.10 bits per heavy atom. The Labute approximate surface area is 120 Å². The lowest BCUT2D eigenvalue weighted by molar-refractivity contribution is 0.142. The van der Waals surface area contributed by atoms with Crippen molar-refractivity contribution in [1.29, 1.82) is 0 Å². The third kappa shape index (κ3) is 2.66. The van der Waals surface area contributed by atoms with Crippen LogP contribution in [0.4, 0.5) is 5.69 Å². The minimum absolute atomic E-state index is 0.691. The summed E-state index contributed by atoms with van der Waals surface area (Å²) in [4.78, 5) is 6.96. The molecule has 0 unspecified atom stereocenters. The van der Waals surface area contributed by atoms with Gasteiger partial charge in [-0.25, -0.2) is 4.98 Å². The standard InChI is InChI=1S/C16H23N3O/c1-11(2)12-6-8-19(9-7-12)10-15-18-16-13(17)4-3-5-14(16)20-15/h3-5,11-12H,6-10,17H2,1-2H3. The Balaban J connectivity index is 1.67. The third-order valence-corrected chi connectivity index (χ3v) is 4.43. The Kier molecular flexibility index (Phi) is 3.66. The average Bonchev–Trinajstić information content (AvgIpc) is 2.83. The molecule has 0 saturated carbocycles. The van der Waals surface area contributed by atoms with Gasteiger partial charge in [0.2, 0.25) is 5.89 Å². The molecule has 0 amide bonds. The van der Waals surface area contributed by atoms with Crippen molar-refractivity contribution in [3.8, 4) is 0 Å². The number of hydrogen-bond donors (Lipinski definition) is 1. The van der Waals surface area contributed by atoms with Gasteiger partial charge < -0.3 is 10.2 Å². The van der Waals surface area contributed by atoms with E-state index in [2.05, 4.69) is 23.7 Å². The van der Waals surface area contributed by atoms with E-state index in [9.17, 15) is 0 Å². The minimum atomic E-state index is 0.691. The van der Waals surface area contributed by atoms with Crippen LogP contribution in [0.25, 0.3) is 11.1 Å². The van der Waals surface area contributed by atoms with Gasteiger partial charge in [-0.2, -0.15) is 0 Å². The Morgan fingerprint density at radius 1 is 1.35 bits per heavy atom. The predicted octanol–water partition coefficient (Wildman–Crippen LogP) is 3.28. The molecule has 1 saturated heterocycles. The van der Waals surface area contributed by atoms with Gasteiger partial charge >= 0.3 is 0 Å². The van der Waals surface area contributed by atoms with E-state index in [0.717, 1.165) is 48.5 Å². The highest BCUT2D eigenvalue weighted by Crippen LogP contribution is 2.26. The molecular formula is C16H23N3O. The minimum Gasteiger partial charge on any atom is -0.439 e. The van der Waals surface area contributed by atoms with Crippen molar-refractivity contribution in [3.63, 3.8) is 0 Å². The second-order valence-electron chi connectivity index (χ2n) is 6.16. The van der Waals surface area contributed by atoms with E-state index in [1.54, 1.807) is 0 Å². The van der Waals surface area contributed by atoms with Gasteiger partial charge in [-0.1, -0.05) is 19.9 Å². The summed E-state index contributed by atoms with van der Waals surface area (Å²) in [7, 11) is 0. The zero-order valence-corrected chi connectivity index (χ0v) is 12.3. The van der Waals surface area contributed by atoms with E-state index >= 15 is 0 Å². The van der Waals surface area contributed by atoms with Crippen LogP contribution in [0, 0.1) is 11.8 Å². The summed E-state index contributed by atoms with van der Waals surface area (Å²) < 4.78 is 5.79. The molecule has 0 spiro atoms. The molecule has 1 aliphatic heterocycles. The number of nitrogens with two attached hydrogens (primary N) is 1. The Bertz CT molecular complexity index is 582. The number of nitrogen functional groups attached to an aromatic ring is 1. The molecule has 2 aromatic rings. The lowest BCUT2D eigenvalue weighted by Gasteiger charge is -2.33. The third-order valence-electron chi connectivity index (χ3n) is 4.43. The number of nitrogens with zero attached hydrogens (tertiary/aromatic N) is 2. The van der Waals surface area contributed by atoms with Gasteiger partial charge in [0.15, 0.2) is 5.58 Å². The summed E-state index contributed by atoms with van der Waals surface area (Å²) in [5.74, 6) is 2.44. The number of aromatic nitrogens is 1. The zero-order valence-electron chi connectivity index (χ0n) is 12.3. The van der Waals surface area contributed by atoms with Crippen LogP contribution in [0.1, 0.15) is 32.6 Å². The number of oxazole rings is 1. The van der Waals surface area contributed by atoms with Gasteiger partial charge in [0.05, 0.1) is 12.2 Å². The van der Waals surface area contributed by atoms with Crippen molar-refractivity contribution in [2.24, 2.45) is 11.8 Å². The van der Waals surface area contributed by atoms with E-state index in [1.165, 1.54) is 12.8 Å². The van der Waals surface area contributed by atoms with Gasteiger partial charge in [0.25, 0.3) is 0 Å². The first-order valence-electron chi connectivity index (χ1n) is 7.49.